The minimum absolute atomic E-state index is 0.119. The van der Waals surface area contributed by atoms with Gasteiger partial charge in [-0.3, -0.25) is 9.59 Å². The highest BCUT2D eigenvalue weighted by molar-refractivity contribution is 6.42. The number of aryl methyl sites for hydroxylation is 2. The van der Waals surface area contributed by atoms with E-state index in [9.17, 15) is 9.59 Å². The van der Waals surface area contributed by atoms with E-state index < -0.39 is 6.04 Å². The molecule has 0 fully saturated rings. The molecule has 0 saturated carbocycles. The van der Waals surface area contributed by atoms with E-state index in [1.54, 1.807) is 17.0 Å². The van der Waals surface area contributed by atoms with E-state index in [0.29, 0.717) is 28.9 Å². The Morgan fingerprint density at radius 1 is 0.833 bits per heavy atom. The van der Waals surface area contributed by atoms with Crippen molar-refractivity contribution in [2.75, 3.05) is 6.54 Å². The molecule has 1 atom stereocenters. The summed E-state index contributed by atoms with van der Waals surface area (Å²) in [6.45, 7) is 8.91. The second-order valence-corrected chi connectivity index (χ2v) is 10.6. The number of benzene rings is 3. The van der Waals surface area contributed by atoms with E-state index in [4.69, 9.17) is 23.2 Å². The van der Waals surface area contributed by atoms with Crippen molar-refractivity contribution in [2.45, 2.75) is 53.1 Å². The van der Waals surface area contributed by atoms with Crippen molar-refractivity contribution in [2.24, 2.45) is 5.92 Å². The van der Waals surface area contributed by atoms with Gasteiger partial charge in [-0.15, -0.1) is 0 Å². The topological polar surface area (TPSA) is 49.4 Å². The molecule has 3 aromatic rings. The van der Waals surface area contributed by atoms with Crippen LogP contribution in [0.15, 0.2) is 66.7 Å². The fourth-order valence-corrected chi connectivity index (χ4v) is 4.58. The number of hydrogen-bond donors (Lipinski definition) is 1. The third kappa shape index (κ3) is 8.11. The SMILES string of the molecule is Cc1cc(C)cc(CC(=O)N(Cc2ccc(Cl)c(Cl)c2)C(Cc2ccccc2)C(=O)NCC(C)C)c1. The largest absolute Gasteiger partial charge is 0.354 e. The van der Waals surface area contributed by atoms with Crippen LogP contribution in [0.1, 0.15) is 41.7 Å². The van der Waals surface area contributed by atoms with Crippen molar-refractivity contribution >= 4 is 35.0 Å². The zero-order valence-corrected chi connectivity index (χ0v) is 22.9. The van der Waals surface area contributed by atoms with Gasteiger partial charge >= 0.3 is 0 Å². The van der Waals surface area contributed by atoms with E-state index >= 15 is 0 Å². The molecule has 4 nitrogen and oxygen atoms in total. The van der Waals surface area contributed by atoms with Gasteiger partial charge in [0.05, 0.1) is 16.5 Å². The summed E-state index contributed by atoms with van der Waals surface area (Å²) >= 11 is 12.4. The first-order valence-electron chi connectivity index (χ1n) is 12.2. The lowest BCUT2D eigenvalue weighted by atomic mass is 10.00. The molecule has 36 heavy (non-hydrogen) atoms. The molecular weight excluding hydrogens is 491 g/mol. The van der Waals surface area contributed by atoms with E-state index in [1.807, 2.05) is 76.2 Å². The lowest BCUT2D eigenvalue weighted by Gasteiger charge is -2.32. The number of halogens is 2. The number of nitrogens with one attached hydrogen (secondary N) is 1. The zero-order chi connectivity index (χ0) is 26.2. The van der Waals surface area contributed by atoms with Gasteiger partial charge in [0.25, 0.3) is 0 Å². The van der Waals surface area contributed by atoms with Gasteiger partial charge in [0, 0.05) is 19.5 Å². The number of carbonyl (C=O) groups excluding carboxylic acids is 2. The van der Waals surface area contributed by atoms with Crippen LogP contribution in [0.2, 0.25) is 10.0 Å². The quantitative estimate of drug-likeness (QED) is 0.326. The minimum Gasteiger partial charge on any atom is -0.354 e. The molecule has 6 heteroatoms. The van der Waals surface area contributed by atoms with Crippen LogP contribution in [-0.4, -0.2) is 29.3 Å². The van der Waals surface area contributed by atoms with Crippen molar-refractivity contribution in [3.05, 3.63) is 105 Å². The highest BCUT2D eigenvalue weighted by atomic mass is 35.5. The third-order valence-electron chi connectivity index (χ3n) is 5.93. The second-order valence-electron chi connectivity index (χ2n) is 9.79. The molecule has 3 rings (SSSR count). The van der Waals surface area contributed by atoms with Gasteiger partial charge in [-0.25, -0.2) is 0 Å². The monoisotopic (exact) mass is 524 g/mol. The molecule has 0 radical (unpaired) electrons. The summed E-state index contributed by atoms with van der Waals surface area (Å²) < 4.78 is 0. The van der Waals surface area contributed by atoms with Gasteiger partial charge < -0.3 is 10.2 Å². The highest BCUT2D eigenvalue weighted by Gasteiger charge is 2.30. The van der Waals surface area contributed by atoms with Gasteiger partial charge in [-0.1, -0.05) is 103 Å². The van der Waals surface area contributed by atoms with Crippen molar-refractivity contribution in [3.63, 3.8) is 0 Å². The van der Waals surface area contributed by atoms with E-state index in [2.05, 4.69) is 11.4 Å². The maximum atomic E-state index is 13.9. The molecule has 0 aliphatic heterocycles. The van der Waals surface area contributed by atoms with Crippen LogP contribution >= 0.6 is 23.2 Å². The van der Waals surface area contributed by atoms with Crippen molar-refractivity contribution in [1.29, 1.82) is 0 Å². The normalized spacial score (nSPS) is 11.9. The van der Waals surface area contributed by atoms with Gasteiger partial charge in [0.1, 0.15) is 6.04 Å². The number of carbonyl (C=O) groups is 2. The predicted molar refractivity (Wildman–Crippen MR) is 148 cm³/mol. The Bertz CT molecular complexity index is 1170. The van der Waals surface area contributed by atoms with Gasteiger partial charge in [0.2, 0.25) is 11.8 Å². The van der Waals surface area contributed by atoms with Gasteiger partial charge in [-0.05, 0) is 48.6 Å². The van der Waals surface area contributed by atoms with Gasteiger partial charge in [0.15, 0.2) is 0 Å². The molecule has 0 heterocycles. The molecule has 0 aliphatic rings. The predicted octanol–water partition coefficient (Wildman–Crippen LogP) is 6.57. The van der Waals surface area contributed by atoms with Crippen molar-refractivity contribution in [1.82, 2.24) is 10.2 Å². The first-order chi connectivity index (χ1) is 17.1. The van der Waals surface area contributed by atoms with Crippen molar-refractivity contribution in [3.8, 4) is 0 Å². The molecule has 0 bridgehead atoms. The lowest BCUT2D eigenvalue weighted by Crippen LogP contribution is -2.51. The summed E-state index contributed by atoms with van der Waals surface area (Å²) in [5, 5.41) is 3.91. The first kappa shape index (κ1) is 27.8. The molecular formula is C30H34Cl2N2O2. The fourth-order valence-electron chi connectivity index (χ4n) is 4.26. The summed E-state index contributed by atoms with van der Waals surface area (Å²) in [6.07, 6.45) is 0.608. The molecule has 1 N–H and O–H groups in total. The van der Waals surface area contributed by atoms with Crippen LogP contribution < -0.4 is 5.32 Å². The third-order valence-corrected chi connectivity index (χ3v) is 6.67. The standard InChI is InChI=1S/C30H34Cl2N2O2/c1-20(2)18-33-30(36)28(16-23-8-6-5-7-9-23)34(19-24-10-11-26(31)27(32)15-24)29(35)17-25-13-21(3)12-22(4)14-25/h5-15,20,28H,16-19H2,1-4H3,(H,33,36). The maximum Gasteiger partial charge on any atom is 0.243 e. The Labute approximate surface area is 224 Å². The lowest BCUT2D eigenvalue weighted by molar-refractivity contribution is -0.140. The van der Waals surface area contributed by atoms with Crippen LogP contribution in [0.3, 0.4) is 0 Å². The number of amides is 2. The first-order valence-corrected chi connectivity index (χ1v) is 13.0. The summed E-state index contributed by atoms with van der Waals surface area (Å²) in [7, 11) is 0. The summed E-state index contributed by atoms with van der Waals surface area (Å²) in [5.41, 5.74) is 4.93. The number of rotatable bonds is 10. The van der Waals surface area contributed by atoms with Crippen molar-refractivity contribution < 1.29 is 9.59 Å². The van der Waals surface area contributed by atoms with E-state index in [0.717, 1.165) is 27.8 Å². The van der Waals surface area contributed by atoms with E-state index in [1.165, 1.54) is 0 Å². The minimum atomic E-state index is -0.681. The molecule has 1 unspecified atom stereocenters. The van der Waals surface area contributed by atoms with Gasteiger partial charge in [-0.2, -0.15) is 0 Å². The summed E-state index contributed by atoms with van der Waals surface area (Å²) in [6, 6.07) is 20.6. The molecule has 2 amide bonds. The van der Waals surface area contributed by atoms with Crippen LogP contribution in [0, 0.1) is 19.8 Å². The zero-order valence-electron chi connectivity index (χ0n) is 21.4. The molecule has 0 aromatic heterocycles. The van der Waals surface area contributed by atoms with Crippen LogP contribution in [-0.2, 0) is 29.0 Å². The molecule has 190 valence electrons. The van der Waals surface area contributed by atoms with Crippen LogP contribution in [0.25, 0.3) is 0 Å². The number of nitrogens with zero attached hydrogens (tertiary/aromatic N) is 1. The Balaban J connectivity index is 1.99. The smallest absolute Gasteiger partial charge is 0.243 e. The second kappa shape index (κ2) is 12.9. The molecule has 0 spiro atoms. The average molecular weight is 526 g/mol. The summed E-state index contributed by atoms with van der Waals surface area (Å²) in [5.74, 6) is 0.00825. The molecule has 3 aromatic carbocycles. The Hall–Kier alpha value is -2.82. The number of hydrogen-bond acceptors (Lipinski definition) is 2. The maximum absolute atomic E-state index is 13.9. The van der Waals surface area contributed by atoms with Crippen LogP contribution in [0.4, 0.5) is 0 Å². The average Bonchev–Trinajstić information content (AvgIpc) is 2.82. The van der Waals surface area contributed by atoms with Crippen LogP contribution in [0.5, 0.6) is 0 Å². The molecule has 0 saturated heterocycles. The summed E-state index contributed by atoms with van der Waals surface area (Å²) in [4.78, 5) is 29.1. The Kier molecular flexibility index (Phi) is 9.98. The van der Waals surface area contributed by atoms with E-state index in [-0.39, 0.29) is 24.8 Å². The molecule has 0 aliphatic carbocycles. The highest BCUT2D eigenvalue weighted by Crippen LogP contribution is 2.25. The fraction of sp³-hybridized carbons (Fsp3) is 0.333. The Morgan fingerprint density at radius 2 is 1.50 bits per heavy atom. The Morgan fingerprint density at radius 3 is 2.11 bits per heavy atom.